The first-order valence-corrected chi connectivity index (χ1v) is 9.30. The highest BCUT2D eigenvalue weighted by molar-refractivity contribution is 5.81. The molecule has 3 rings (SSSR count). The molecule has 0 aliphatic heterocycles. The zero-order valence-electron chi connectivity index (χ0n) is 14.6. The van der Waals surface area contributed by atoms with Crippen molar-refractivity contribution in [3.63, 3.8) is 0 Å². The van der Waals surface area contributed by atoms with Crippen LogP contribution in [0.4, 0.5) is 0 Å². The van der Waals surface area contributed by atoms with Crippen LogP contribution in [0.5, 0.6) is 0 Å². The van der Waals surface area contributed by atoms with E-state index in [9.17, 15) is 10.1 Å². The van der Waals surface area contributed by atoms with Crippen molar-refractivity contribution < 1.29 is 10.1 Å². The normalized spacial score (nSPS) is 23.6. The van der Waals surface area contributed by atoms with E-state index in [1.165, 1.54) is 24.0 Å². The van der Waals surface area contributed by atoms with Crippen LogP contribution in [0.15, 0.2) is 24.3 Å². The first-order valence-electron chi connectivity index (χ1n) is 9.30. The summed E-state index contributed by atoms with van der Waals surface area (Å²) in [5, 5.41) is 14.8. The van der Waals surface area contributed by atoms with Gasteiger partial charge in [-0.3, -0.25) is 4.79 Å². The van der Waals surface area contributed by atoms with Gasteiger partial charge in [-0.15, -0.1) is 0 Å². The van der Waals surface area contributed by atoms with Crippen molar-refractivity contribution in [1.82, 2.24) is 5.32 Å². The Bertz CT molecular complexity index is 628. The van der Waals surface area contributed by atoms with E-state index in [0.29, 0.717) is 6.04 Å². The Labute approximate surface area is 144 Å². The summed E-state index contributed by atoms with van der Waals surface area (Å²) >= 11 is 0. The molecule has 0 heterocycles. The van der Waals surface area contributed by atoms with Crippen LogP contribution >= 0.6 is 0 Å². The number of benzene rings is 1. The zero-order chi connectivity index (χ0) is 17.0. The Kier molecular flexibility index (Phi) is 5.20. The molecule has 1 aromatic rings. The second-order valence-electron chi connectivity index (χ2n) is 7.42. The lowest BCUT2D eigenvalue weighted by molar-refractivity contribution is -0.714. The van der Waals surface area contributed by atoms with Gasteiger partial charge in [-0.2, -0.15) is 5.26 Å². The van der Waals surface area contributed by atoms with Gasteiger partial charge in [0.25, 0.3) is 5.91 Å². The van der Waals surface area contributed by atoms with Crippen LogP contribution in [0.3, 0.4) is 0 Å². The van der Waals surface area contributed by atoms with Crippen molar-refractivity contribution in [2.75, 3.05) is 0 Å². The van der Waals surface area contributed by atoms with Crippen LogP contribution in [0.2, 0.25) is 0 Å². The van der Waals surface area contributed by atoms with Crippen LogP contribution < -0.4 is 10.6 Å². The fraction of sp³-hybridized carbons (Fsp3) is 0.600. The maximum absolute atomic E-state index is 12.7. The molecule has 4 nitrogen and oxygen atoms in total. The Balaban J connectivity index is 1.64. The molecule has 4 heteroatoms. The van der Waals surface area contributed by atoms with Crippen LogP contribution in [-0.4, -0.2) is 17.5 Å². The number of hydrogen-bond acceptors (Lipinski definition) is 2. The van der Waals surface area contributed by atoms with Gasteiger partial charge in [0.1, 0.15) is 11.6 Å². The zero-order valence-corrected chi connectivity index (χ0v) is 14.6. The maximum Gasteiger partial charge on any atom is 0.279 e. The molecule has 0 spiro atoms. The van der Waals surface area contributed by atoms with Gasteiger partial charge in [-0.1, -0.05) is 43.5 Å². The first-order chi connectivity index (χ1) is 11.6. The SMILES string of the molecule is C[C@H]([NH2+][C@@H]1CCCc2ccccc21)C(=O)NC1(C#N)CCCCC1. The van der Waals surface area contributed by atoms with Gasteiger partial charge in [-0.05, 0) is 38.2 Å². The molecule has 0 bridgehead atoms. The molecule has 0 unspecified atom stereocenters. The van der Waals surface area contributed by atoms with Crippen LogP contribution in [0.25, 0.3) is 0 Å². The summed E-state index contributed by atoms with van der Waals surface area (Å²) < 4.78 is 0. The van der Waals surface area contributed by atoms with E-state index in [1.54, 1.807) is 0 Å². The van der Waals surface area contributed by atoms with Crippen molar-refractivity contribution in [2.45, 2.75) is 75.9 Å². The van der Waals surface area contributed by atoms with Gasteiger partial charge in [0, 0.05) is 12.0 Å². The molecule has 0 radical (unpaired) electrons. The number of rotatable bonds is 4. The van der Waals surface area contributed by atoms with Crippen molar-refractivity contribution in [3.8, 4) is 6.07 Å². The lowest BCUT2D eigenvalue weighted by atomic mass is 9.82. The van der Waals surface area contributed by atoms with Crippen molar-refractivity contribution in [2.24, 2.45) is 0 Å². The molecule has 1 fully saturated rings. The predicted octanol–water partition coefficient (Wildman–Crippen LogP) is 2.36. The third-order valence-electron chi connectivity index (χ3n) is 5.63. The lowest BCUT2D eigenvalue weighted by Crippen LogP contribution is -2.93. The Morgan fingerprint density at radius 3 is 2.79 bits per heavy atom. The van der Waals surface area contributed by atoms with E-state index in [-0.39, 0.29) is 11.9 Å². The van der Waals surface area contributed by atoms with E-state index in [4.69, 9.17) is 0 Å². The Morgan fingerprint density at radius 2 is 2.04 bits per heavy atom. The molecule has 0 saturated heterocycles. The number of nitrogens with zero attached hydrogens (tertiary/aromatic N) is 1. The number of nitrogens with one attached hydrogen (secondary N) is 1. The molecule has 1 aromatic carbocycles. The minimum atomic E-state index is -0.637. The van der Waals surface area contributed by atoms with Crippen LogP contribution in [-0.2, 0) is 11.2 Å². The summed E-state index contributed by atoms with van der Waals surface area (Å²) in [5.74, 6) is 0.00139. The van der Waals surface area contributed by atoms with Gasteiger partial charge >= 0.3 is 0 Å². The van der Waals surface area contributed by atoms with Gasteiger partial charge in [0.15, 0.2) is 6.04 Å². The smallest absolute Gasteiger partial charge is 0.279 e. The van der Waals surface area contributed by atoms with E-state index in [1.807, 2.05) is 6.92 Å². The lowest BCUT2D eigenvalue weighted by Gasteiger charge is -2.33. The fourth-order valence-corrected chi connectivity index (χ4v) is 4.20. The second kappa shape index (κ2) is 7.36. The topological polar surface area (TPSA) is 69.5 Å². The van der Waals surface area contributed by atoms with E-state index < -0.39 is 5.54 Å². The number of nitriles is 1. The molecule has 128 valence electrons. The predicted molar refractivity (Wildman–Crippen MR) is 93.1 cm³/mol. The molecular weight excluding hydrogens is 298 g/mol. The molecular formula is C20H28N3O+. The maximum atomic E-state index is 12.7. The number of hydrogen-bond donors (Lipinski definition) is 2. The van der Waals surface area contributed by atoms with Gasteiger partial charge in [0.2, 0.25) is 0 Å². The number of amides is 1. The number of fused-ring (bicyclic) bond motifs is 1. The molecule has 1 amide bonds. The van der Waals surface area contributed by atoms with Gasteiger partial charge < -0.3 is 10.6 Å². The molecule has 0 aromatic heterocycles. The van der Waals surface area contributed by atoms with Crippen molar-refractivity contribution >= 4 is 5.91 Å². The highest BCUT2D eigenvalue weighted by Crippen LogP contribution is 2.28. The molecule has 2 aliphatic carbocycles. The molecule has 1 saturated carbocycles. The first kappa shape index (κ1) is 17.0. The second-order valence-corrected chi connectivity index (χ2v) is 7.42. The number of carbonyl (C=O) groups excluding carboxylic acids is 1. The van der Waals surface area contributed by atoms with Crippen LogP contribution in [0.1, 0.15) is 69.0 Å². The summed E-state index contributed by atoms with van der Waals surface area (Å²) in [6.45, 7) is 1.96. The summed E-state index contributed by atoms with van der Waals surface area (Å²) in [4.78, 5) is 12.7. The average molecular weight is 326 g/mol. The summed E-state index contributed by atoms with van der Waals surface area (Å²) in [6.07, 6.45) is 8.22. The third-order valence-corrected chi connectivity index (χ3v) is 5.63. The minimum Gasteiger partial charge on any atom is -0.333 e. The Morgan fingerprint density at radius 1 is 1.29 bits per heavy atom. The summed E-state index contributed by atoms with van der Waals surface area (Å²) in [5.41, 5.74) is 2.15. The molecule has 2 atom stereocenters. The quantitative estimate of drug-likeness (QED) is 0.892. The largest absolute Gasteiger partial charge is 0.333 e. The van der Waals surface area contributed by atoms with Gasteiger partial charge in [0.05, 0.1) is 6.07 Å². The highest BCUT2D eigenvalue weighted by Gasteiger charge is 2.36. The van der Waals surface area contributed by atoms with E-state index in [2.05, 4.69) is 41.0 Å². The molecule has 24 heavy (non-hydrogen) atoms. The van der Waals surface area contributed by atoms with Crippen molar-refractivity contribution in [1.29, 1.82) is 5.26 Å². The standard InChI is InChI=1S/C20H27N3O/c1-15(19(24)23-20(14-21)12-5-2-6-13-20)22-18-11-7-9-16-8-3-4-10-17(16)18/h3-4,8,10,15,18,22H,2,5-7,9,11-13H2,1H3,(H,23,24)/p+1/t15-,18+/m0/s1. The monoisotopic (exact) mass is 326 g/mol. The summed E-state index contributed by atoms with van der Waals surface area (Å²) in [7, 11) is 0. The Hall–Kier alpha value is -1.86. The highest BCUT2D eigenvalue weighted by atomic mass is 16.2. The number of carbonyl (C=O) groups is 1. The number of aryl methyl sites for hydroxylation is 1. The van der Waals surface area contributed by atoms with Crippen LogP contribution in [0, 0.1) is 11.3 Å². The molecule has 3 N–H and O–H groups in total. The minimum absolute atomic E-state index is 0.00139. The molecule has 2 aliphatic rings. The van der Waals surface area contributed by atoms with Gasteiger partial charge in [-0.25, -0.2) is 0 Å². The van der Waals surface area contributed by atoms with Crippen molar-refractivity contribution in [3.05, 3.63) is 35.4 Å². The van der Waals surface area contributed by atoms with E-state index in [0.717, 1.165) is 38.5 Å². The summed E-state index contributed by atoms with van der Waals surface area (Å²) in [6, 6.07) is 11.1. The average Bonchev–Trinajstić information content (AvgIpc) is 2.62. The number of nitrogens with two attached hydrogens (primary N) is 1. The third kappa shape index (κ3) is 3.62. The number of quaternary nitrogens is 1. The van der Waals surface area contributed by atoms with E-state index >= 15 is 0 Å². The fourth-order valence-electron chi connectivity index (χ4n) is 4.20.